The number of amides is 2. The molecule has 3 rings (SSSR count). The summed E-state index contributed by atoms with van der Waals surface area (Å²) in [5.74, 6) is 0.480. The summed E-state index contributed by atoms with van der Waals surface area (Å²) in [6.45, 7) is 6.26. The Labute approximate surface area is 173 Å². The summed E-state index contributed by atoms with van der Waals surface area (Å²) < 4.78 is 5.69. The Morgan fingerprint density at radius 2 is 1.79 bits per heavy atom. The molecule has 2 amide bonds. The second-order valence-corrected chi connectivity index (χ2v) is 7.92. The fourth-order valence-corrected chi connectivity index (χ4v) is 4.28. The van der Waals surface area contributed by atoms with Gasteiger partial charge in [-0.1, -0.05) is 18.6 Å². The van der Waals surface area contributed by atoms with Gasteiger partial charge in [0.2, 0.25) is 5.91 Å². The van der Waals surface area contributed by atoms with Gasteiger partial charge in [0.1, 0.15) is 0 Å². The van der Waals surface area contributed by atoms with Crippen molar-refractivity contribution in [3.63, 3.8) is 0 Å². The summed E-state index contributed by atoms with van der Waals surface area (Å²) in [6.07, 6.45) is 3.16. The van der Waals surface area contributed by atoms with Crippen LogP contribution in [0, 0.1) is 11.8 Å². The number of hydrogen-bond acceptors (Lipinski definition) is 4. The first-order valence-corrected chi connectivity index (χ1v) is 9.99. The predicted octanol–water partition coefficient (Wildman–Crippen LogP) is 2.35. The van der Waals surface area contributed by atoms with Gasteiger partial charge < -0.3 is 20.7 Å². The molecule has 3 N–H and O–H groups in total. The molecule has 6 nitrogen and oxygen atoms in total. The molecular formula is C21H32ClN3O3. The fourth-order valence-electron chi connectivity index (χ4n) is 4.28. The van der Waals surface area contributed by atoms with Gasteiger partial charge in [0, 0.05) is 31.1 Å². The van der Waals surface area contributed by atoms with E-state index in [1.54, 1.807) is 0 Å². The zero-order chi connectivity index (χ0) is 19.4. The molecule has 4 atom stereocenters. The van der Waals surface area contributed by atoms with Crippen LogP contribution in [-0.2, 0) is 16.1 Å². The van der Waals surface area contributed by atoms with Crippen LogP contribution in [0.1, 0.15) is 49.0 Å². The third kappa shape index (κ3) is 5.46. The Morgan fingerprint density at radius 1 is 1.14 bits per heavy atom. The van der Waals surface area contributed by atoms with Gasteiger partial charge in [-0.25, -0.2) is 0 Å². The second-order valence-electron chi connectivity index (χ2n) is 7.92. The molecule has 7 heteroatoms. The smallest absolute Gasteiger partial charge is 0.254 e. The van der Waals surface area contributed by atoms with Gasteiger partial charge in [-0.3, -0.25) is 9.59 Å². The van der Waals surface area contributed by atoms with E-state index in [0.29, 0.717) is 37.7 Å². The Bertz CT molecular complexity index is 657. The first-order chi connectivity index (χ1) is 13.0. The molecule has 0 aromatic heterocycles. The lowest BCUT2D eigenvalue weighted by molar-refractivity contribution is -0.126. The number of nitrogens with zero attached hydrogens (tertiary/aromatic N) is 1. The number of carbonyl (C=O) groups is 2. The highest BCUT2D eigenvalue weighted by Crippen LogP contribution is 2.31. The van der Waals surface area contributed by atoms with Gasteiger partial charge in [-0.05, 0) is 56.8 Å². The molecule has 28 heavy (non-hydrogen) atoms. The molecule has 1 saturated carbocycles. The molecule has 156 valence electrons. The van der Waals surface area contributed by atoms with Crippen molar-refractivity contribution in [3.8, 4) is 0 Å². The van der Waals surface area contributed by atoms with Crippen molar-refractivity contribution in [1.29, 1.82) is 0 Å². The number of nitrogens with one attached hydrogen (secondary N) is 1. The number of halogens is 1. The summed E-state index contributed by atoms with van der Waals surface area (Å²) in [7, 11) is 0. The molecule has 1 saturated heterocycles. The number of benzene rings is 1. The topological polar surface area (TPSA) is 84.7 Å². The van der Waals surface area contributed by atoms with Crippen LogP contribution in [0.4, 0.5) is 0 Å². The molecule has 1 aromatic rings. The van der Waals surface area contributed by atoms with Crippen LogP contribution >= 0.6 is 12.4 Å². The quantitative estimate of drug-likeness (QED) is 0.781. The average Bonchev–Trinajstić information content (AvgIpc) is 3.14. The van der Waals surface area contributed by atoms with E-state index < -0.39 is 0 Å². The molecule has 1 aromatic carbocycles. The minimum Gasteiger partial charge on any atom is -0.372 e. The van der Waals surface area contributed by atoms with Crippen LogP contribution in [0.3, 0.4) is 0 Å². The molecule has 0 radical (unpaired) electrons. The second kappa shape index (κ2) is 10.2. The molecule has 2 fully saturated rings. The maximum absolute atomic E-state index is 12.7. The van der Waals surface area contributed by atoms with Crippen LogP contribution in [0.5, 0.6) is 0 Å². The zero-order valence-electron chi connectivity index (χ0n) is 16.7. The van der Waals surface area contributed by atoms with E-state index in [-0.39, 0.29) is 42.3 Å². The number of rotatable bonds is 5. The highest BCUT2D eigenvalue weighted by molar-refractivity contribution is 5.94. The Hall–Kier alpha value is -1.63. The minimum absolute atomic E-state index is 0. The van der Waals surface area contributed by atoms with Crippen LogP contribution < -0.4 is 11.1 Å². The van der Waals surface area contributed by atoms with Gasteiger partial charge in [0.15, 0.2) is 0 Å². The Kier molecular flexibility index (Phi) is 8.28. The lowest BCUT2D eigenvalue weighted by Crippen LogP contribution is -2.48. The maximum Gasteiger partial charge on any atom is 0.254 e. The van der Waals surface area contributed by atoms with Gasteiger partial charge in [0.05, 0.1) is 12.2 Å². The van der Waals surface area contributed by atoms with Crippen molar-refractivity contribution in [2.45, 2.75) is 51.9 Å². The van der Waals surface area contributed by atoms with E-state index >= 15 is 0 Å². The third-order valence-corrected chi connectivity index (χ3v) is 5.67. The predicted molar refractivity (Wildman–Crippen MR) is 111 cm³/mol. The number of morpholine rings is 1. The van der Waals surface area contributed by atoms with E-state index in [4.69, 9.17) is 10.5 Å². The van der Waals surface area contributed by atoms with Gasteiger partial charge in [-0.2, -0.15) is 0 Å². The molecule has 0 bridgehead atoms. The van der Waals surface area contributed by atoms with Crippen LogP contribution in [0.15, 0.2) is 24.3 Å². The number of hydrogen-bond donors (Lipinski definition) is 2. The lowest BCUT2D eigenvalue weighted by atomic mass is 9.95. The highest BCUT2D eigenvalue weighted by Gasteiger charge is 2.31. The zero-order valence-corrected chi connectivity index (χ0v) is 17.5. The first-order valence-electron chi connectivity index (χ1n) is 9.99. The van der Waals surface area contributed by atoms with Gasteiger partial charge in [0.25, 0.3) is 5.91 Å². The van der Waals surface area contributed by atoms with Crippen molar-refractivity contribution in [3.05, 3.63) is 35.4 Å². The molecule has 1 heterocycles. The standard InChI is InChI=1S/C21H31N3O3.ClH/c1-14-12-24(13-15(2)27-14)21(26)17-8-6-16(7-9-17)11-23-20(25)19-5-3-4-18(19)10-22;/h6-9,14-15,18-19H,3-5,10-13,22H2,1-2H3,(H,23,25);1H/t14?,15?,18-,19-;/m1./s1. The molecule has 1 aliphatic heterocycles. The monoisotopic (exact) mass is 409 g/mol. The molecule has 2 aliphatic rings. The first kappa shape index (κ1) is 22.7. The van der Waals surface area contributed by atoms with Crippen LogP contribution in [0.25, 0.3) is 0 Å². The number of carbonyl (C=O) groups excluding carboxylic acids is 2. The van der Waals surface area contributed by atoms with Crippen molar-refractivity contribution in [1.82, 2.24) is 10.2 Å². The van der Waals surface area contributed by atoms with Gasteiger partial charge >= 0.3 is 0 Å². The fraction of sp³-hybridized carbons (Fsp3) is 0.619. The summed E-state index contributed by atoms with van der Waals surface area (Å²) in [5, 5.41) is 3.02. The molecule has 2 unspecified atom stereocenters. The van der Waals surface area contributed by atoms with Crippen LogP contribution in [0.2, 0.25) is 0 Å². The van der Waals surface area contributed by atoms with E-state index in [9.17, 15) is 9.59 Å². The average molecular weight is 410 g/mol. The summed E-state index contributed by atoms with van der Waals surface area (Å²) in [6, 6.07) is 7.51. The summed E-state index contributed by atoms with van der Waals surface area (Å²) in [4.78, 5) is 26.9. The number of ether oxygens (including phenoxy) is 1. The number of nitrogens with two attached hydrogens (primary N) is 1. The summed E-state index contributed by atoms with van der Waals surface area (Å²) >= 11 is 0. The van der Waals surface area contributed by atoms with E-state index in [0.717, 1.165) is 24.8 Å². The SMILES string of the molecule is CC1CN(C(=O)c2ccc(CNC(=O)[C@@H]3CCC[C@@H]3CN)cc2)CC(C)O1.Cl. The lowest BCUT2D eigenvalue weighted by Gasteiger charge is -2.35. The van der Waals surface area contributed by atoms with Crippen molar-refractivity contribution in [2.75, 3.05) is 19.6 Å². The van der Waals surface area contributed by atoms with Gasteiger partial charge in [-0.15, -0.1) is 12.4 Å². The molecular weight excluding hydrogens is 378 g/mol. The van der Waals surface area contributed by atoms with E-state index in [2.05, 4.69) is 5.32 Å². The van der Waals surface area contributed by atoms with Crippen molar-refractivity contribution in [2.24, 2.45) is 17.6 Å². The minimum atomic E-state index is 0. The maximum atomic E-state index is 12.7. The Morgan fingerprint density at radius 3 is 2.39 bits per heavy atom. The normalized spacial score (nSPS) is 27.2. The highest BCUT2D eigenvalue weighted by atomic mass is 35.5. The molecule has 1 aliphatic carbocycles. The van der Waals surface area contributed by atoms with E-state index in [1.165, 1.54) is 0 Å². The summed E-state index contributed by atoms with van der Waals surface area (Å²) in [5.41, 5.74) is 7.43. The third-order valence-electron chi connectivity index (χ3n) is 5.67. The van der Waals surface area contributed by atoms with Crippen molar-refractivity contribution < 1.29 is 14.3 Å². The van der Waals surface area contributed by atoms with Crippen molar-refractivity contribution >= 4 is 24.2 Å². The van der Waals surface area contributed by atoms with Crippen LogP contribution in [-0.4, -0.2) is 48.6 Å². The molecule has 0 spiro atoms. The Balaban J connectivity index is 0.00000280. The largest absolute Gasteiger partial charge is 0.372 e. The van der Waals surface area contributed by atoms with E-state index in [1.807, 2.05) is 43.0 Å².